The number of halogens is 1. The lowest BCUT2D eigenvalue weighted by Gasteiger charge is -2.04. The highest BCUT2D eigenvalue weighted by molar-refractivity contribution is 6.17. The zero-order valence-electron chi connectivity index (χ0n) is 8.81. The predicted molar refractivity (Wildman–Crippen MR) is 62.6 cm³/mol. The molecule has 0 unspecified atom stereocenters. The Morgan fingerprint density at radius 2 is 2.06 bits per heavy atom. The fourth-order valence-corrected chi connectivity index (χ4v) is 1.87. The van der Waals surface area contributed by atoms with E-state index in [-0.39, 0.29) is 5.88 Å². The molecule has 0 radical (unpaired) electrons. The van der Waals surface area contributed by atoms with Crippen LogP contribution in [0, 0.1) is 18.3 Å². The van der Waals surface area contributed by atoms with E-state index in [4.69, 9.17) is 16.9 Å². The van der Waals surface area contributed by atoms with Gasteiger partial charge in [-0.25, -0.2) is 4.68 Å². The van der Waals surface area contributed by atoms with E-state index >= 15 is 0 Å². The van der Waals surface area contributed by atoms with Crippen molar-refractivity contribution < 1.29 is 0 Å². The van der Waals surface area contributed by atoms with Crippen LogP contribution in [0.15, 0.2) is 30.3 Å². The van der Waals surface area contributed by atoms with Crippen LogP contribution in [0.2, 0.25) is 0 Å². The van der Waals surface area contributed by atoms with Crippen LogP contribution in [0.3, 0.4) is 0 Å². The smallest absolute Gasteiger partial charge is 0.103 e. The van der Waals surface area contributed by atoms with Gasteiger partial charge in [-0.15, -0.1) is 11.6 Å². The third-order valence-corrected chi connectivity index (χ3v) is 2.65. The van der Waals surface area contributed by atoms with Crippen LogP contribution < -0.4 is 0 Å². The maximum Gasteiger partial charge on any atom is 0.103 e. The lowest BCUT2D eigenvalue weighted by molar-refractivity contribution is 0.827. The topological polar surface area (TPSA) is 41.6 Å². The van der Waals surface area contributed by atoms with Crippen molar-refractivity contribution in [3.8, 4) is 11.8 Å². The average molecular weight is 232 g/mol. The zero-order valence-corrected chi connectivity index (χ0v) is 9.57. The van der Waals surface area contributed by atoms with Crippen LogP contribution in [0.1, 0.15) is 17.0 Å². The molecule has 2 rings (SSSR count). The predicted octanol–water partition coefficient (Wildman–Crippen LogP) is 2.79. The van der Waals surface area contributed by atoms with E-state index in [2.05, 4.69) is 11.2 Å². The number of para-hydroxylation sites is 1. The Morgan fingerprint density at radius 3 is 2.62 bits per heavy atom. The van der Waals surface area contributed by atoms with E-state index in [0.29, 0.717) is 11.3 Å². The van der Waals surface area contributed by atoms with Gasteiger partial charge < -0.3 is 0 Å². The highest BCUT2D eigenvalue weighted by Crippen LogP contribution is 2.19. The van der Waals surface area contributed by atoms with Crippen LogP contribution >= 0.6 is 11.6 Å². The Balaban J connectivity index is 2.63. The van der Waals surface area contributed by atoms with Crippen LogP contribution in [0.25, 0.3) is 5.69 Å². The second kappa shape index (κ2) is 4.38. The summed E-state index contributed by atoms with van der Waals surface area (Å²) in [5.41, 5.74) is 2.94. The van der Waals surface area contributed by atoms with Crippen LogP contribution in [0.5, 0.6) is 0 Å². The summed E-state index contributed by atoms with van der Waals surface area (Å²) in [6, 6.07) is 11.8. The molecule has 4 heteroatoms. The molecule has 0 saturated heterocycles. The standard InChI is InChI=1S/C12H10ClN3/c1-9-11(8-14)12(7-13)16(15-9)10-5-3-2-4-6-10/h2-6H,7H2,1H3. The Hall–Kier alpha value is -1.79. The van der Waals surface area contributed by atoms with Gasteiger partial charge in [-0.05, 0) is 19.1 Å². The fraction of sp³-hybridized carbons (Fsp3) is 0.167. The molecule has 0 aliphatic heterocycles. The second-order valence-corrected chi connectivity index (χ2v) is 3.67. The van der Waals surface area contributed by atoms with Gasteiger partial charge in [-0.1, -0.05) is 18.2 Å². The summed E-state index contributed by atoms with van der Waals surface area (Å²) in [7, 11) is 0. The van der Waals surface area contributed by atoms with Crippen LogP contribution in [-0.2, 0) is 5.88 Å². The van der Waals surface area contributed by atoms with E-state index in [0.717, 1.165) is 11.4 Å². The SMILES string of the molecule is Cc1nn(-c2ccccc2)c(CCl)c1C#N. The molecule has 1 heterocycles. The third kappa shape index (κ3) is 1.68. The Kier molecular flexibility index (Phi) is 2.93. The first-order chi connectivity index (χ1) is 7.77. The lowest BCUT2D eigenvalue weighted by Crippen LogP contribution is -2.00. The maximum atomic E-state index is 9.03. The molecule has 0 fully saturated rings. The Labute approximate surface area is 98.9 Å². The van der Waals surface area contributed by atoms with Crippen molar-refractivity contribution in [1.29, 1.82) is 5.26 Å². The first kappa shape index (κ1) is 10.7. The fourth-order valence-electron chi connectivity index (χ4n) is 1.63. The molecule has 0 N–H and O–H groups in total. The molecular weight excluding hydrogens is 222 g/mol. The first-order valence-corrected chi connectivity index (χ1v) is 5.41. The van der Waals surface area contributed by atoms with E-state index in [9.17, 15) is 0 Å². The Morgan fingerprint density at radius 1 is 1.38 bits per heavy atom. The molecule has 80 valence electrons. The molecule has 0 spiro atoms. The van der Waals surface area contributed by atoms with Crippen molar-refractivity contribution >= 4 is 11.6 Å². The summed E-state index contributed by atoms with van der Waals surface area (Å²) in [5, 5.41) is 13.4. The van der Waals surface area contributed by atoms with Crippen LogP contribution in [-0.4, -0.2) is 9.78 Å². The molecule has 1 aromatic heterocycles. The van der Waals surface area contributed by atoms with Crippen LogP contribution in [0.4, 0.5) is 0 Å². The van der Waals surface area contributed by atoms with Gasteiger partial charge in [-0.3, -0.25) is 0 Å². The molecule has 2 aromatic rings. The first-order valence-electron chi connectivity index (χ1n) is 4.88. The normalized spacial score (nSPS) is 10.1. The van der Waals surface area contributed by atoms with Gasteiger partial charge in [-0.2, -0.15) is 10.4 Å². The molecule has 16 heavy (non-hydrogen) atoms. The lowest BCUT2D eigenvalue weighted by atomic mass is 10.2. The summed E-state index contributed by atoms with van der Waals surface area (Å²) in [6.45, 7) is 1.81. The number of benzene rings is 1. The molecule has 0 saturated carbocycles. The number of aryl methyl sites for hydroxylation is 1. The van der Waals surface area contributed by atoms with Gasteiger partial charge >= 0.3 is 0 Å². The van der Waals surface area contributed by atoms with Crippen molar-refractivity contribution in [3.63, 3.8) is 0 Å². The minimum absolute atomic E-state index is 0.276. The number of hydrogen-bond donors (Lipinski definition) is 0. The highest BCUT2D eigenvalue weighted by atomic mass is 35.5. The summed E-state index contributed by atoms with van der Waals surface area (Å²) >= 11 is 5.87. The molecule has 3 nitrogen and oxygen atoms in total. The molecular formula is C12H10ClN3. The number of alkyl halides is 1. The van der Waals surface area contributed by atoms with Gasteiger partial charge in [0.15, 0.2) is 0 Å². The van der Waals surface area contributed by atoms with Gasteiger partial charge in [0.2, 0.25) is 0 Å². The van der Waals surface area contributed by atoms with Crippen molar-refractivity contribution in [2.45, 2.75) is 12.8 Å². The monoisotopic (exact) mass is 231 g/mol. The number of rotatable bonds is 2. The summed E-state index contributed by atoms with van der Waals surface area (Å²) < 4.78 is 1.72. The van der Waals surface area contributed by atoms with Crippen molar-refractivity contribution in [3.05, 3.63) is 47.3 Å². The molecule has 0 aliphatic rings. The number of aromatic nitrogens is 2. The van der Waals surface area contributed by atoms with Gasteiger partial charge in [0.05, 0.1) is 28.5 Å². The van der Waals surface area contributed by atoms with Gasteiger partial charge in [0.25, 0.3) is 0 Å². The van der Waals surface area contributed by atoms with E-state index in [1.165, 1.54) is 0 Å². The summed E-state index contributed by atoms with van der Waals surface area (Å²) in [5.74, 6) is 0.276. The largest absolute Gasteiger partial charge is 0.235 e. The highest BCUT2D eigenvalue weighted by Gasteiger charge is 2.14. The second-order valence-electron chi connectivity index (χ2n) is 3.40. The maximum absolute atomic E-state index is 9.03. The average Bonchev–Trinajstić information content (AvgIpc) is 2.66. The summed E-state index contributed by atoms with van der Waals surface area (Å²) in [6.07, 6.45) is 0. The van der Waals surface area contributed by atoms with E-state index in [1.54, 1.807) is 4.68 Å². The minimum atomic E-state index is 0.276. The number of hydrogen-bond acceptors (Lipinski definition) is 2. The summed E-state index contributed by atoms with van der Waals surface area (Å²) in [4.78, 5) is 0. The number of nitriles is 1. The van der Waals surface area contributed by atoms with Gasteiger partial charge in [0, 0.05) is 0 Å². The quantitative estimate of drug-likeness (QED) is 0.746. The van der Waals surface area contributed by atoms with Crippen molar-refractivity contribution in [2.24, 2.45) is 0 Å². The van der Waals surface area contributed by atoms with E-state index < -0.39 is 0 Å². The van der Waals surface area contributed by atoms with Crippen molar-refractivity contribution in [1.82, 2.24) is 9.78 Å². The van der Waals surface area contributed by atoms with E-state index in [1.807, 2.05) is 37.3 Å². The number of nitrogens with zero attached hydrogens (tertiary/aromatic N) is 3. The third-order valence-electron chi connectivity index (χ3n) is 2.40. The molecule has 0 bridgehead atoms. The zero-order chi connectivity index (χ0) is 11.5. The van der Waals surface area contributed by atoms with Gasteiger partial charge in [0.1, 0.15) is 6.07 Å². The molecule has 0 atom stereocenters. The minimum Gasteiger partial charge on any atom is -0.235 e. The Bertz CT molecular complexity index is 537. The molecule has 0 amide bonds. The van der Waals surface area contributed by atoms with Crippen molar-refractivity contribution in [2.75, 3.05) is 0 Å². The molecule has 0 aliphatic carbocycles. The molecule has 1 aromatic carbocycles.